The maximum atomic E-state index is 12.2. The molecule has 1 aromatic carbocycles. The van der Waals surface area contributed by atoms with Crippen molar-refractivity contribution >= 4 is 23.7 Å². The van der Waals surface area contributed by atoms with E-state index in [1.54, 1.807) is 6.92 Å². The van der Waals surface area contributed by atoms with Gasteiger partial charge in [0.25, 0.3) is 5.22 Å². The highest BCUT2D eigenvalue weighted by atomic mass is 32.2. The number of aromatic nitrogens is 2. The molecule has 3 rings (SSSR count). The van der Waals surface area contributed by atoms with Gasteiger partial charge in [-0.25, -0.2) is 4.79 Å². The summed E-state index contributed by atoms with van der Waals surface area (Å²) in [6.07, 6.45) is 5.93. The molecule has 27 heavy (non-hydrogen) atoms. The van der Waals surface area contributed by atoms with E-state index in [9.17, 15) is 9.59 Å². The number of imide groups is 1. The molecule has 1 aromatic heterocycles. The number of thioether (sulfide) groups is 1. The van der Waals surface area contributed by atoms with Gasteiger partial charge in [-0.3, -0.25) is 10.1 Å². The third kappa shape index (κ3) is 6.09. The molecule has 2 aromatic rings. The zero-order valence-electron chi connectivity index (χ0n) is 15.3. The van der Waals surface area contributed by atoms with E-state index in [0.717, 1.165) is 43.0 Å². The molecule has 1 aliphatic carbocycles. The Bertz CT molecular complexity index is 759. The van der Waals surface area contributed by atoms with Gasteiger partial charge in [-0.1, -0.05) is 61.4 Å². The van der Waals surface area contributed by atoms with Crippen LogP contribution < -0.4 is 10.6 Å². The first-order chi connectivity index (χ1) is 13.1. The maximum Gasteiger partial charge on any atom is 0.321 e. The number of hydrogen-bond donors (Lipinski definition) is 2. The van der Waals surface area contributed by atoms with Gasteiger partial charge >= 0.3 is 6.03 Å². The topological polar surface area (TPSA) is 97.1 Å². The largest absolute Gasteiger partial charge is 0.416 e. The Morgan fingerprint density at radius 3 is 2.67 bits per heavy atom. The van der Waals surface area contributed by atoms with Crippen LogP contribution in [0.15, 0.2) is 40.0 Å². The molecule has 3 amide bonds. The Hall–Kier alpha value is -2.35. The van der Waals surface area contributed by atoms with Crippen molar-refractivity contribution in [2.24, 2.45) is 0 Å². The van der Waals surface area contributed by atoms with Crippen molar-refractivity contribution in [3.05, 3.63) is 41.8 Å². The molecule has 1 heterocycles. The van der Waals surface area contributed by atoms with Crippen LogP contribution in [0.5, 0.6) is 0 Å². The van der Waals surface area contributed by atoms with Crippen LogP contribution in [0.1, 0.15) is 50.5 Å². The third-order valence-electron chi connectivity index (χ3n) is 4.47. The molecule has 7 nitrogen and oxygen atoms in total. The van der Waals surface area contributed by atoms with Gasteiger partial charge in [0.1, 0.15) is 0 Å². The van der Waals surface area contributed by atoms with E-state index in [2.05, 4.69) is 20.8 Å². The summed E-state index contributed by atoms with van der Waals surface area (Å²) in [5.74, 6) is 0.113. The molecule has 1 fully saturated rings. The van der Waals surface area contributed by atoms with Gasteiger partial charge in [-0.2, -0.15) is 0 Å². The standard InChI is InChI=1S/C19H24N4O3S/c1-13(17(24)21-18(25)20-15-10-6-3-7-11-15)27-19-23-22-16(26-19)12-14-8-4-2-5-9-14/h2,4-5,8-9,13,15H,3,6-7,10-12H2,1H3,(H2,20,21,24,25). The van der Waals surface area contributed by atoms with Crippen LogP contribution in [-0.4, -0.2) is 33.4 Å². The van der Waals surface area contributed by atoms with Gasteiger partial charge in [-0.05, 0) is 25.3 Å². The Balaban J connectivity index is 1.45. The van der Waals surface area contributed by atoms with E-state index in [4.69, 9.17) is 4.42 Å². The first kappa shape index (κ1) is 19.4. The molecular formula is C19H24N4O3S. The van der Waals surface area contributed by atoms with Crippen LogP contribution in [0, 0.1) is 0 Å². The second kappa shape index (κ2) is 9.55. The number of rotatable bonds is 6. The number of urea groups is 1. The number of amides is 3. The number of nitrogens with zero attached hydrogens (tertiary/aromatic N) is 2. The molecule has 1 saturated carbocycles. The molecule has 1 atom stereocenters. The van der Waals surface area contributed by atoms with Crippen molar-refractivity contribution in [2.45, 2.75) is 62.0 Å². The Morgan fingerprint density at radius 2 is 1.93 bits per heavy atom. The van der Waals surface area contributed by atoms with Crippen LogP contribution in [0.3, 0.4) is 0 Å². The Morgan fingerprint density at radius 1 is 1.19 bits per heavy atom. The molecule has 2 N–H and O–H groups in total. The molecule has 0 saturated heterocycles. The van der Waals surface area contributed by atoms with E-state index in [-0.39, 0.29) is 11.9 Å². The summed E-state index contributed by atoms with van der Waals surface area (Å²) >= 11 is 1.14. The van der Waals surface area contributed by atoms with Crippen molar-refractivity contribution in [3.63, 3.8) is 0 Å². The Kier molecular flexibility index (Phi) is 6.86. The minimum absolute atomic E-state index is 0.158. The zero-order valence-corrected chi connectivity index (χ0v) is 16.1. The van der Waals surface area contributed by atoms with Crippen molar-refractivity contribution in [2.75, 3.05) is 0 Å². The lowest BCUT2D eigenvalue weighted by Gasteiger charge is -2.22. The lowest BCUT2D eigenvalue weighted by molar-refractivity contribution is -0.119. The van der Waals surface area contributed by atoms with Crippen LogP contribution in [0.25, 0.3) is 0 Å². The van der Waals surface area contributed by atoms with Crippen molar-refractivity contribution < 1.29 is 14.0 Å². The molecule has 0 bridgehead atoms. The molecule has 1 aliphatic rings. The van der Waals surface area contributed by atoms with E-state index < -0.39 is 11.3 Å². The molecule has 0 aliphatic heterocycles. The van der Waals surface area contributed by atoms with Crippen LogP contribution in [0.2, 0.25) is 0 Å². The van der Waals surface area contributed by atoms with Gasteiger partial charge in [0.15, 0.2) is 0 Å². The van der Waals surface area contributed by atoms with Gasteiger partial charge in [-0.15, -0.1) is 10.2 Å². The molecule has 0 spiro atoms. The van der Waals surface area contributed by atoms with E-state index >= 15 is 0 Å². The number of carbonyl (C=O) groups excluding carboxylic acids is 2. The minimum atomic E-state index is -0.521. The summed E-state index contributed by atoms with van der Waals surface area (Å²) in [7, 11) is 0. The van der Waals surface area contributed by atoms with Crippen molar-refractivity contribution in [1.82, 2.24) is 20.8 Å². The van der Waals surface area contributed by atoms with Crippen molar-refractivity contribution in [3.8, 4) is 0 Å². The number of benzene rings is 1. The normalized spacial score (nSPS) is 15.9. The van der Waals surface area contributed by atoms with Crippen molar-refractivity contribution in [1.29, 1.82) is 0 Å². The average Bonchev–Trinajstić information content (AvgIpc) is 3.10. The average molecular weight is 388 g/mol. The third-order valence-corrected chi connectivity index (χ3v) is 5.40. The minimum Gasteiger partial charge on any atom is -0.416 e. The summed E-state index contributed by atoms with van der Waals surface area (Å²) in [6, 6.07) is 9.54. The number of carbonyl (C=O) groups is 2. The number of nitrogens with one attached hydrogen (secondary N) is 2. The van der Waals surface area contributed by atoms with E-state index in [0.29, 0.717) is 17.5 Å². The van der Waals surface area contributed by atoms with Crippen LogP contribution in [0.4, 0.5) is 4.79 Å². The van der Waals surface area contributed by atoms with Gasteiger partial charge in [0, 0.05) is 6.04 Å². The van der Waals surface area contributed by atoms with Gasteiger partial charge in [0.05, 0.1) is 11.7 Å². The highest BCUT2D eigenvalue weighted by molar-refractivity contribution is 8.00. The Labute approximate surface area is 162 Å². The SMILES string of the molecule is CC(Sc1nnc(Cc2ccccc2)o1)C(=O)NC(=O)NC1CCCCC1. The monoisotopic (exact) mass is 388 g/mol. The van der Waals surface area contributed by atoms with Crippen LogP contribution >= 0.6 is 11.8 Å². The molecular weight excluding hydrogens is 364 g/mol. The molecule has 0 radical (unpaired) electrons. The molecule has 8 heteroatoms. The van der Waals surface area contributed by atoms with Gasteiger partial charge < -0.3 is 9.73 Å². The summed E-state index contributed by atoms with van der Waals surface area (Å²) < 4.78 is 5.60. The summed E-state index contributed by atoms with van der Waals surface area (Å²) in [5, 5.41) is 13.0. The predicted octanol–water partition coefficient (Wildman–Crippen LogP) is 3.30. The number of hydrogen-bond acceptors (Lipinski definition) is 6. The quantitative estimate of drug-likeness (QED) is 0.737. The second-order valence-corrected chi connectivity index (χ2v) is 7.97. The maximum absolute atomic E-state index is 12.2. The lowest BCUT2D eigenvalue weighted by Crippen LogP contribution is -2.47. The van der Waals surface area contributed by atoms with Crippen LogP contribution in [-0.2, 0) is 11.2 Å². The fourth-order valence-electron chi connectivity index (χ4n) is 3.01. The summed E-state index contributed by atoms with van der Waals surface area (Å²) in [5.41, 5.74) is 1.07. The highest BCUT2D eigenvalue weighted by Crippen LogP contribution is 2.23. The lowest BCUT2D eigenvalue weighted by atomic mass is 9.96. The summed E-state index contributed by atoms with van der Waals surface area (Å²) in [4.78, 5) is 24.2. The van der Waals surface area contributed by atoms with Gasteiger partial charge in [0.2, 0.25) is 11.8 Å². The summed E-state index contributed by atoms with van der Waals surface area (Å²) in [6.45, 7) is 1.70. The molecule has 144 valence electrons. The van der Waals surface area contributed by atoms with E-state index in [1.165, 1.54) is 6.42 Å². The van der Waals surface area contributed by atoms with E-state index in [1.807, 2.05) is 30.3 Å². The first-order valence-electron chi connectivity index (χ1n) is 9.24. The smallest absolute Gasteiger partial charge is 0.321 e. The fourth-order valence-corrected chi connectivity index (χ4v) is 3.72. The zero-order chi connectivity index (χ0) is 19.1. The first-order valence-corrected chi connectivity index (χ1v) is 10.1. The highest BCUT2D eigenvalue weighted by Gasteiger charge is 2.22. The second-order valence-electron chi connectivity index (χ2n) is 6.68. The fraction of sp³-hybridized carbons (Fsp3) is 0.474. The molecule has 1 unspecified atom stereocenters. The predicted molar refractivity (Wildman–Crippen MR) is 102 cm³/mol.